The first-order valence-electron chi connectivity index (χ1n) is 4.91. The summed E-state index contributed by atoms with van der Waals surface area (Å²) in [4.78, 5) is 25.9. The maximum Gasteiger partial charge on any atom is 0.256 e. The van der Waals surface area contributed by atoms with Crippen LogP contribution in [0.15, 0.2) is 17.1 Å². The Bertz CT molecular complexity index is 485. The first-order valence-corrected chi connectivity index (χ1v) is 4.91. The maximum atomic E-state index is 11.6. The van der Waals surface area contributed by atoms with Gasteiger partial charge in [-0.15, -0.1) is 0 Å². The fourth-order valence-electron chi connectivity index (χ4n) is 1.24. The van der Waals surface area contributed by atoms with E-state index >= 15 is 0 Å². The predicted octanol–water partition coefficient (Wildman–Crippen LogP) is 0.715. The van der Waals surface area contributed by atoms with Gasteiger partial charge in [0.1, 0.15) is 5.56 Å². The number of nitrogens with one attached hydrogen (secondary N) is 2. The van der Waals surface area contributed by atoms with Gasteiger partial charge in [0.05, 0.1) is 12.5 Å². The molecule has 1 atom stereocenters. The van der Waals surface area contributed by atoms with Crippen LogP contribution in [0.25, 0.3) is 0 Å². The number of carbonyl (C=O) groups is 1. The average Bonchev–Trinajstić information content (AvgIpc) is 2.17. The summed E-state index contributed by atoms with van der Waals surface area (Å²) in [6.45, 7) is 3.45. The summed E-state index contributed by atoms with van der Waals surface area (Å²) in [5.41, 5.74) is 0.444. The molecule has 0 aliphatic heterocycles. The van der Waals surface area contributed by atoms with Gasteiger partial charge in [-0.1, -0.05) is 0 Å². The van der Waals surface area contributed by atoms with Crippen molar-refractivity contribution in [3.05, 3.63) is 33.7 Å². The predicted molar refractivity (Wildman–Crippen MR) is 59.0 cm³/mol. The highest BCUT2D eigenvalue weighted by Gasteiger charge is 2.12. The van der Waals surface area contributed by atoms with Crippen molar-refractivity contribution in [2.24, 2.45) is 0 Å². The lowest BCUT2D eigenvalue weighted by molar-refractivity contribution is 0.0939. The highest BCUT2D eigenvalue weighted by atomic mass is 16.2. The Morgan fingerprint density at radius 3 is 2.94 bits per heavy atom. The Labute approximate surface area is 93.1 Å². The van der Waals surface area contributed by atoms with Crippen LogP contribution in [0.4, 0.5) is 0 Å². The molecule has 1 aromatic rings. The molecule has 0 aliphatic rings. The molecule has 1 heterocycles. The van der Waals surface area contributed by atoms with Crippen molar-refractivity contribution in [1.82, 2.24) is 10.3 Å². The van der Waals surface area contributed by atoms with Gasteiger partial charge >= 0.3 is 0 Å². The Morgan fingerprint density at radius 2 is 2.38 bits per heavy atom. The van der Waals surface area contributed by atoms with E-state index in [-0.39, 0.29) is 23.5 Å². The third-order valence-electron chi connectivity index (χ3n) is 2.08. The molecule has 1 unspecified atom stereocenters. The molecule has 0 fully saturated rings. The number of nitriles is 1. The molecular formula is C11H13N3O2. The van der Waals surface area contributed by atoms with E-state index in [9.17, 15) is 9.59 Å². The van der Waals surface area contributed by atoms with Crippen LogP contribution in [0.2, 0.25) is 0 Å². The average molecular weight is 219 g/mol. The van der Waals surface area contributed by atoms with Gasteiger partial charge in [-0.3, -0.25) is 9.59 Å². The van der Waals surface area contributed by atoms with Crippen molar-refractivity contribution in [3.8, 4) is 6.07 Å². The lowest BCUT2D eigenvalue weighted by Gasteiger charge is -2.09. The number of aryl methyl sites for hydroxylation is 1. The first-order chi connectivity index (χ1) is 7.54. The van der Waals surface area contributed by atoms with E-state index < -0.39 is 5.91 Å². The number of pyridine rings is 1. The number of hydrogen-bond donors (Lipinski definition) is 2. The monoisotopic (exact) mass is 219 g/mol. The van der Waals surface area contributed by atoms with E-state index in [0.717, 1.165) is 0 Å². The number of carbonyl (C=O) groups excluding carboxylic acids is 1. The molecule has 1 aromatic heterocycles. The van der Waals surface area contributed by atoms with E-state index in [4.69, 9.17) is 5.26 Å². The molecule has 0 bridgehead atoms. The number of amides is 1. The summed E-state index contributed by atoms with van der Waals surface area (Å²) < 4.78 is 0. The smallest absolute Gasteiger partial charge is 0.256 e. The highest BCUT2D eigenvalue weighted by Crippen LogP contribution is 1.95. The minimum Gasteiger partial charge on any atom is -0.364 e. The van der Waals surface area contributed by atoms with Crippen molar-refractivity contribution < 1.29 is 4.79 Å². The van der Waals surface area contributed by atoms with Crippen LogP contribution in [-0.2, 0) is 0 Å². The van der Waals surface area contributed by atoms with Crippen molar-refractivity contribution in [3.63, 3.8) is 0 Å². The Morgan fingerprint density at radius 1 is 1.69 bits per heavy atom. The van der Waals surface area contributed by atoms with Crippen LogP contribution >= 0.6 is 0 Å². The minimum atomic E-state index is -0.455. The molecule has 0 saturated carbocycles. The largest absolute Gasteiger partial charge is 0.364 e. The summed E-state index contributed by atoms with van der Waals surface area (Å²) in [6, 6.07) is 3.05. The topological polar surface area (TPSA) is 85.8 Å². The molecule has 84 valence electrons. The second-order valence-corrected chi connectivity index (χ2v) is 3.63. The van der Waals surface area contributed by atoms with Crippen molar-refractivity contribution in [2.45, 2.75) is 26.3 Å². The highest BCUT2D eigenvalue weighted by molar-refractivity contribution is 5.93. The molecule has 0 spiro atoms. The van der Waals surface area contributed by atoms with Gasteiger partial charge in [0, 0.05) is 24.0 Å². The van der Waals surface area contributed by atoms with Gasteiger partial charge in [-0.2, -0.15) is 5.26 Å². The summed E-state index contributed by atoms with van der Waals surface area (Å²) >= 11 is 0. The fourth-order valence-corrected chi connectivity index (χ4v) is 1.24. The SMILES string of the molecule is Cc1cc(=O)c(C(=O)NC(C)CC#N)c[nH]1. The molecule has 2 N–H and O–H groups in total. The Balaban J connectivity index is 2.82. The molecule has 1 amide bonds. The van der Waals surface area contributed by atoms with Gasteiger partial charge in [0.2, 0.25) is 0 Å². The Kier molecular flexibility index (Phi) is 3.84. The van der Waals surface area contributed by atoms with Gasteiger partial charge in [0.25, 0.3) is 5.91 Å². The first kappa shape index (κ1) is 12.0. The van der Waals surface area contributed by atoms with Gasteiger partial charge < -0.3 is 10.3 Å². The summed E-state index contributed by atoms with van der Waals surface area (Å²) in [7, 11) is 0. The van der Waals surface area contributed by atoms with Crippen LogP contribution in [0.5, 0.6) is 0 Å². The number of rotatable bonds is 3. The quantitative estimate of drug-likeness (QED) is 0.785. The maximum absolute atomic E-state index is 11.6. The fraction of sp³-hybridized carbons (Fsp3) is 0.364. The van der Waals surface area contributed by atoms with Crippen LogP contribution in [0, 0.1) is 18.3 Å². The van der Waals surface area contributed by atoms with Gasteiger partial charge in [-0.25, -0.2) is 0 Å². The van der Waals surface area contributed by atoms with Gasteiger partial charge in [0.15, 0.2) is 5.43 Å². The standard InChI is InChI=1S/C11H13N3O2/c1-7(3-4-12)14-11(16)9-6-13-8(2)5-10(9)15/h5-7H,3H2,1-2H3,(H,13,15)(H,14,16). The van der Waals surface area contributed by atoms with Gasteiger partial charge in [-0.05, 0) is 13.8 Å². The zero-order chi connectivity index (χ0) is 12.1. The van der Waals surface area contributed by atoms with Crippen molar-refractivity contribution >= 4 is 5.91 Å². The molecule has 0 radical (unpaired) electrons. The van der Waals surface area contributed by atoms with Crippen molar-refractivity contribution in [2.75, 3.05) is 0 Å². The second-order valence-electron chi connectivity index (χ2n) is 3.63. The van der Waals surface area contributed by atoms with E-state index in [1.165, 1.54) is 12.3 Å². The molecule has 5 nitrogen and oxygen atoms in total. The van der Waals surface area contributed by atoms with Crippen molar-refractivity contribution in [1.29, 1.82) is 5.26 Å². The summed E-state index contributed by atoms with van der Waals surface area (Å²) in [6.07, 6.45) is 1.60. The van der Waals surface area contributed by atoms with E-state index in [1.54, 1.807) is 13.8 Å². The summed E-state index contributed by atoms with van der Waals surface area (Å²) in [5.74, 6) is -0.455. The molecule has 5 heteroatoms. The van der Waals surface area contributed by atoms with Crippen LogP contribution in [-0.4, -0.2) is 16.9 Å². The van der Waals surface area contributed by atoms with Crippen LogP contribution in [0.3, 0.4) is 0 Å². The number of H-pyrrole nitrogens is 1. The molecule has 0 saturated heterocycles. The molecule has 16 heavy (non-hydrogen) atoms. The number of aromatic amines is 1. The number of aromatic nitrogens is 1. The summed E-state index contributed by atoms with van der Waals surface area (Å²) in [5, 5.41) is 11.0. The lowest BCUT2D eigenvalue weighted by Crippen LogP contribution is -2.35. The number of hydrogen-bond acceptors (Lipinski definition) is 3. The number of nitrogens with zero attached hydrogens (tertiary/aromatic N) is 1. The van der Waals surface area contributed by atoms with Crippen LogP contribution < -0.4 is 10.7 Å². The zero-order valence-electron chi connectivity index (χ0n) is 9.20. The zero-order valence-corrected chi connectivity index (χ0v) is 9.20. The van der Waals surface area contributed by atoms with E-state index in [0.29, 0.717) is 5.69 Å². The third kappa shape index (κ3) is 2.95. The third-order valence-corrected chi connectivity index (χ3v) is 2.08. The normalized spacial score (nSPS) is 11.6. The molecule has 0 aromatic carbocycles. The molecular weight excluding hydrogens is 206 g/mol. The van der Waals surface area contributed by atoms with E-state index in [1.807, 2.05) is 6.07 Å². The Hall–Kier alpha value is -2.09. The lowest BCUT2D eigenvalue weighted by atomic mass is 10.2. The molecule has 0 aliphatic carbocycles. The molecule has 1 rings (SSSR count). The minimum absolute atomic E-state index is 0.0652. The van der Waals surface area contributed by atoms with E-state index in [2.05, 4.69) is 10.3 Å². The van der Waals surface area contributed by atoms with Crippen LogP contribution in [0.1, 0.15) is 29.4 Å². The second kappa shape index (κ2) is 5.12.